The molecule has 0 saturated heterocycles. The highest BCUT2D eigenvalue weighted by atomic mass is 35.5. The summed E-state index contributed by atoms with van der Waals surface area (Å²) in [6.07, 6.45) is 0. The minimum Gasteiger partial charge on any atom is -0.490 e. The van der Waals surface area contributed by atoms with E-state index >= 15 is 0 Å². The Bertz CT molecular complexity index is 543. The van der Waals surface area contributed by atoms with Crippen molar-refractivity contribution in [3.05, 3.63) is 47.5 Å². The summed E-state index contributed by atoms with van der Waals surface area (Å²) in [6, 6.07) is 12.5. The van der Waals surface area contributed by atoms with Gasteiger partial charge in [-0.3, -0.25) is 0 Å². The summed E-state index contributed by atoms with van der Waals surface area (Å²) >= 11 is 5.92. The fourth-order valence-corrected chi connectivity index (χ4v) is 1.69. The molecule has 0 heterocycles. The molecular formula is C14H14ClNO2. The van der Waals surface area contributed by atoms with E-state index in [1.54, 1.807) is 18.2 Å². The Labute approximate surface area is 111 Å². The molecule has 3 nitrogen and oxygen atoms in total. The maximum Gasteiger partial charge on any atom is 0.169 e. The van der Waals surface area contributed by atoms with Gasteiger partial charge in [0.05, 0.1) is 12.3 Å². The average molecular weight is 264 g/mol. The summed E-state index contributed by atoms with van der Waals surface area (Å²) in [6.45, 7) is 2.50. The van der Waals surface area contributed by atoms with Crippen molar-refractivity contribution in [1.29, 1.82) is 0 Å². The second kappa shape index (κ2) is 5.65. The Balaban J connectivity index is 2.30. The van der Waals surface area contributed by atoms with Gasteiger partial charge in [-0.2, -0.15) is 0 Å². The highest BCUT2D eigenvalue weighted by molar-refractivity contribution is 6.30. The minimum atomic E-state index is 0.523. The van der Waals surface area contributed by atoms with Gasteiger partial charge in [0.25, 0.3) is 0 Å². The Kier molecular flexibility index (Phi) is 3.95. The zero-order valence-corrected chi connectivity index (χ0v) is 10.8. The molecule has 2 rings (SSSR count). The first-order valence-electron chi connectivity index (χ1n) is 5.65. The number of benzene rings is 2. The van der Waals surface area contributed by atoms with Crippen molar-refractivity contribution < 1.29 is 9.47 Å². The fraction of sp³-hybridized carbons (Fsp3) is 0.143. The van der Waals surface area contributed by atoms with Gasteiger partial charge in [-0.25, -0.2) is 0 Å². The SMILES string of the molecule is CCOc1ccccc1Oc1cc(Cl)ccc1N. The third-order valence-corrected chi connectivity index (χ3v) is 2.58. The van der Waals surface area contributed by atoms with Gasteiger partial charge in [-0.05, 0) is 31.2 Å². The predicted molar refractivity (Wildman–Crippen MR) is 73.5 cm³/mol. The van der Waals surface area contributed by atoms with Crippen molar-refractivity contribution in [2.75, 3.05) is 12.3 Å². The molecule has 0 bridgehead atoms. The maximum atomic E-state index is 5.92. The summed E-state index contributed by atoms with van der Waals surface area (Å²) in [5.74, 6) is 1.82. The third-order valence-electron chi connectivity index (χ3n) is 2.34. The average Bonchev–Trinajstić information content (AvgIpc) is 2.36. The Hall–Kier alpha value is -1.87. The van der Waals surface area contributed by atoms with Crippen LogP contribution < -0.4 is 15.2 Å². The number of para-hydroxylation sites is 2. The molecule has 0 spiro atoms. The molecule has 0 atom stereocenters. The maximum absolute atomic E-state index is 5.92. The van der Waals surface area contributed by atoms with Crippen molar-refractivity contribution >= 4 is 17.3 Å². The molecule has 18 heavy (non-hydrogen) atoms. The molecule has 0 amide bonds. The zero-order chi connectivity index (χ0) is 13.0. The summed E-state index contributed by atoms with van der Waals surface area (Å²) in [5, 5.41) is 0.577. The molecule has 94 valence electrons. The van der Waals surface area contributed by atoms with Crippen molar-refractivity contribution in [3.63, 3.8) is 0 Å². The van der Waals surface area contributed by atoms with Crippen LogP contribution in [0.15, 0.2) is 42.5 Å². The molecule has 0 aromatic heterocycles. The first-order valence-corrected chi connectivity index (χ1v) is 6.03. The van der Waals surface area contributed by atoms with E-state index in [-0.39, 0.29) is 0 Å². The van der Waals surface area contributed by atoms with E-state index in [2.05, 4.69) is 0 Å². The summed E-state index contributed by atoms with van der Waals surface area (Å²) in [7, 11) is 0. The van der Waals surface area contributed by atoms with Crippen LogP contribution in [0.5, 0.6) is 17.2 Å². The lowest BCUT2D eigenvalue weighted by molar-refractivity contribution is 0.321. The van der Waals surface area contributed by atoms with Crippen LogP contribution in [0.4, 0.5) is 5.69 Å². The summed E-state index contributed by atoms with van der Waals surface area (Å²) < 4.78 is 11.2. The molecule has 0 radical (unpaired) electrons. The molecule has 0 aliphatic rings. The second-order valence-corrected chi connectivity index (χ2v) is 4.10. The van der Waals surface area contributed by atoms with Gasteiger partial charge in [-0.15, -0.1) is 0 Å². The van der Waals surface area contributed by atoms with E-state index in [1.165, 1.54) is 0 Å². The van der Waals surface area contributed by atoms with E-state index in [4.69, 9.17) is 26.8 Å². The molecule has 0 unspecified atom stereocenters. The molecule has 4 heteroatoms. The van der Waals surface area contributed by atoms with Crippen LogP contribution >= 0.6 is 11.6 Å². The van der Waals surface area contributed by atoms with Crippen molar-refractivity contribution in [1.82, 2.24) is 0 Å². The molecule has 2 aromatic rings. The van der Waals surface area contributed by atoms with E-state index in [9.17, 15) is 0 Å². The van der Waals surface area contributed by atoms with E-state index in [1.807, 2.05) is 31.2 Å². The van der Waals surface area contributed by atoms with Crippen LogP contribution in [-0.2, 0) is 0 Å². The first-order chi connectivity index (χ1) is 8.70. The van der Waals surface area contributed by atoms with Crippen LogP contribution in [0.3, 0.4) is 0 Å². The van der Waals surface area contributed by atoms with Crippen molar-refractivity contribution in [2.45, 2.75) is 6.92 Å². The lowest BCUT2D eigenvalue weighted by Gasteiger charge is -2.12. The highest BCUT2D eigenvalue weighted by Crippen LogP contribution is 2.35. The van der Waals surface area contributed by atoms with Gasteiger partial charge in [0.2, 0.25) is 0 Å². The second-order valence-electron chi connectivity index (χ2n) is 3.66. The number of halogens is 1. The number of nitrogens with two attached hydrogens (primary N) is 1. The summed E-state index contributed by atoms with van der Waals surface area (Å²) in [4.78, 5) is 0. The lowest BCUT2D eigenvalue weighted by atomic mass is 10.3. The monoisotopic (exact) mass is 263 g/mol. The number of ether oxygens (including phenoxy) is 2. The van der Waals surface area contributed by atoms with Gasteiger partial charge in [-0.1, -0.05) is 23.7 Å². The van der Waals surface area contributed by atoms with Crippen molar-refractivity contribution in [3.8, 4) is 17.2 Å². The van der Waals surface area contributed by atoms with E-state index in [0.717, 1.165) is 0 Å². The van der Waals surface area contributed by atoms with Crippen molar-refractivity contribution in [2.24, 2.45) is 0 Å². The van der Waals surface area contributed by atoms with Gasteiger partial charge in [0, 0.05) is 11.1 Å². The molecule has 2 N–H and O–H groups in total. The molecule has 2 aromatic carbocycles. The van der Waals surface area contributed by atoms with Crippen LogP contribution in [0.2, 0.25) is 5.02 Å². The van der Waals surface area contributed by atoms with E-state index < -0.39 is 0 Å². The Morgan fingerprint density at radius 2 is 1.78 bits per heavy atom. The topological polar surface area (TPSA) is 44.5 Å². The number of hydrogen-bond acceptors (Lipinski definition) is 3. The molecule has 0 fully saturated rings. The standard InChI is InChI=1S/C14H14ClNO2/c1-2-17-12-5-3-4-6-13(12)18-14-9-10(15)7-8-11(14)16/h3-9H,2,16H2,1H3. The number of nitrogen functional groups attached to an aromatic ring is 1. The number of anilines is 1. The smallest absolute Gasteiger partial charge is 0.169 e. The van der Waals surface area contributed by atoms with Gasteiger partial charge < -0.3 is 15.2 Å². The lowest BCUT2D eigenvalue weighted by Crippen LogP contribution is -1.96. The van der Waals surface area contributed by atoms with Crippen LogP contribution in [0.25, 0.3) is 0 Å². The highest BCUT2D eigenvalue weighted by Gasteiger charge is 2.07. The Morgan fingerprint density at radius 1 is 1.06 bits per heavy atom. The van der Waals surface area contributed by atoms with Crippen LogP contribution in [0.1, 0.15) is 6.92 Å². The fourth-order valence-electron chi connectivity index (χ4n) is 1.52. The number of hydrogen-bond donors (Lipinski definition) is 1. The van der Waals surface area contributed by atoms with Gasteiger partial charge in [0.15, 0.2) is 17.2 Å². The molecule has 0 aliphatic heterocycles. The van der Waals surface area contributed by atoms with Gasteiger partial charge >= 0.3 is 0 Å². The molecule has 0 aliphatic carbocycles. The molecular weight excluding hydrogens is 250 g/mol. The third kappa shape index (κ3) is 2.87. The zero-order valence-electron chi connectivity index (χ0n) is 10.0. The van der Waals surface area contributed by atoms with Gasteiger partial charge in [0.1, 0.15) is 0 Å². The largest absolute Gasteiger partial charge is 0.490 e. The molecule has 0 saturated carbocycles. The Morgan fingerprint density at radius 3 is 2.50 bits per heavy atom. The van der Waals surface area contributed by atoms with Crippen LogP contribution in [-0.4, -0.2) is 6.61 Å². The first kappa shape index (κ1) is 12.6. The predicted octanol–water partition coefficient (Wildman–Crippen LogP) is 4.11. The quantitative estimate of drug-likeness (QED) is 0.844. The van der Waals surface area contributed by atoms with Crippen LogP contribution in [0, 0.1) is 0 Å². The number of rotatable bonds is 4. The van der Waals surface area contributed by atoms with E-state index in [0.29, 0.717) is 34.6 Å². The minimum absolute atomic E-state index is 0.523. The normalized spacial score (nSPS) is 10.1. The summed E-state index contributed by atoms with van der Waals surface area (Å²) in [5.41, 5.74) is 6.37.